The molecule has 0 aliphatic heterocycles. The number of benzene rings is 2. The van der Waals surface area contributed by atoms with E-state index in [2.05, 4.69) is 42.6 Å². The average Bonchev–Trinajstić information content (AvgIpc) is 3.54. The van der Waals surface area contributed by atoms with Gasteiger partial charge in [-0.2, -0.15) is 10.2 Å². The fraction of sp³-hybridized carbons (Fsp3) is 0.120. The summed E-state index contributed by atoms with van der Waals surface area (Å²) in [5, 5.41) is 22.9. The molecule has 0 radical (unpaired) electrons. The van der Waals surface area contributed by atoms with Crippen LogP contribution in [0, 0.1) is 0 Å². The van der Waals surface area contributed by atoms with Gasteiger partial charge in [-0.1, -0.05) is 36.4 Å². The summed E-state index contributed by atoms with van der Waals surface area (Å²) in [6, 6.07) is 20.8. The normalized spacial score (nSPS) is 10.4. The zero-order chi connectivity index (χ0) is 23.9. The van der Waals surface area contributed by atoms with Crippen molar-refractivity contribution < 1.29 is 9.90 Å². The third-order valence-corrected chi connectivity index (χ3v) is 5.14. The van der Waals surface area contributed by atoms with Gasteiger partial charge in [0, 0.05) is 56.3 Å². The van der Waals surface area contributed by atoms with Crippen LogP contribution in [0.1, 0.15) is 16.1 Å². The molecule has 0 spiro atoms. The van der Waals surface area contributed by atoms with Gasteiger partial charge in [-0.15, -0.1) is 0 Å². The topological polar surface area (TPSA) is 111 Å². The van der Waals surface area contributed by atoms with E-state index in [0.717, 1.165) is 35.6 Å². The summed E-state index contributed by atoms with van der Waals surface area (Å²) >= 11 is 0. The third kappa shape index (κ3) is 5.21. The number of fused-ring (bicyclic) bond motifs is 1. The Bertz CT molecular complexity index is 1370. The molecule has 172 valence electrons. The number of carbonyl (C=O) groups excluding carboxylic acids is 1. The molecule has 0 fully saturated rings. The monoisotopic (exact) mass is 455 g/mol. The maximum Gasteiger partial charge on any atom is 0.170 e. The van der Waals surface area contributed by atoms with Crippen LogP contribution in [0.5, 0.6) is 5.75 Å². The predicted octanol–water partition coefficient (Wildman–Crippen LogP) is 4.00. The number of aromatic hydroxyl groups is 1. The summed E-state index contributed by atoms with van der Waals surface area (Å²) in [6.07, 6.45) is 4.23. The Morgan fingerprint density at radius 3 is 2.59 bits per heavy atom. The number of anilines is 2. The summed E-state index contributed by atoms with van der Waals surface area (Å²) in [5.74, 6) is 1.09. The number of H-pyrrole nitrogens is 1. The quantitative estimate of drug-likeness (QED) is 0.332. The van der Waals surface area contributed by atoms with E-state index in [1.165, 1.54) is 5.56 Å². The van der Waals surface area contributed by atoms with Crippen LogP contribution < -0.4 is 10.2 Å². The third-order valence-electron chi connectivity index (χ3n) is 5.14. The van der Waals surface area contributed by atoms with Crippen molar-refractivity contribution in [2.24, 2.45) is 0 Å². The second-order valence-corrected chi connectivity index (χ2v) is 7.59. The molecule has 0 bridgehead atoms. The molecule has 5 aromatic rings. The highest BCUT2D eigenvalue weighted by Gasteiger charge is 2.14. The van der Waals surface area contributed by atoms with Gasteiger partial charge in [0.1, 0.15) is 17.3 Å². The van der Waals surface area contributed by atoms with Gasteiger partial charge in [-0.3, -0.25) is 9.89 Å². The molecular formula is C25H25N7O2. The fourth-order valence-electron chi connectivity index (χ4n) is 3.43. The number of nitrogens with one attached hydrogen (secondary N) is 2. The summed E-state index contributed by atoms with van der Waals surface area (Å²) in [4.78, 5) is 17.8. The number of aromatic nitrogens is 5. The molecule has 0 aliphatic carbocycles. The van der Waals surface area contributed by atoms with Gasteiger partial charge in [0.2, 0.25) is 0 Å². The Hall–Kier alpha value is -4.66. The minimum atomic E-state index is 0.293. The molecule has 3 aromatic heterocycles. The maximum absolute atomic E-state index is 11.1. The van der Waals surface area contributed by atoms with E-state index in [0.29, 0.717) is 17.1 Å². The number of phenols is 1. The maximum atomic E-state index is 11.1. The Kier molecular flexibility index (Phi) is 6.83. The molecule has 0 unspecified atom stereocenters. The highest BCUT2D eigenvalue weighted by Crippen LogP contribution is 2.24. The minimum absolute atomic E-state index is 0.293. The van der Waals surface area contributed by atoms with E-state index in [1.54, 1.807) is 41.2 Å². The van der Waals surface area contributed by atoms with Gasteiger partial charge >= 0.3 is 0 Å². The number of hydrogen-bond donors (Lipinski definition) is 3. The molecule has 0 aliphatic rings. The number of carbonyl (C=O) groups is 1. The second kappa shape index (κ2) is 10.3. The van der Waals surface area contributed by atoms with Crippen molar-refractivity contribution in [2.45, 2.75) is 6.54 Å². The predicted molar refractivity (Wildman–Crippen MR) is 132 cm³/mol. The zero-order valence-corrected chi connectivity index (χ0v) is 18.9. The number of rotatable bonds is 6. The first-order valence-corrected chi connectivity index (χ1v) is 10.6. The Morgan fingerprint density at radius 1 is 1.12 bits per heavy atom. The summed E-state index contributed by atoms with van der Waals surface area (Å²) < 4.78 is 1.66. The van der Waals surface area contributed by atoms with E-state index in [4.69, 9.17) is 5.11 Å². The van der Waals surface area contributed by atoms with E-state index >= 15 is 0 Å². The Labute approximate surface area is 196 Å². The molecular weight excluding hydrogens is 430 g/mol. The van der Waals surface area contributed by atoms with Crippen LogP contribution in [-0.4, -0.2) is 50.3 Å². The molecule has 9 heteroatoms. The standard InChI is InChI=1S/C18H16N6O.C7H9NO/c1-23(11-13-5-3-2-4-6-13)17-8-16(14-9-19-20-10-14)24-18(21-17)7-15(12-25)22-24;1-8-6-3-2-4-7(9)5-6/h2-10,12H,11H2,1H3,(H,19,20);2-5,8-9H,1H3. The number of phenolic OH excluding ortho intramolecular Hbond substituents is 1. The molecule has 2 aromatic carbocycles. The molecule has 0 amide bonds. The lowest BCUT2D eigenvalue weighted by atomic mass is 10.2. The van der Waals surface area contributed by atoms with Gasteiger partial charge in [0.25, 0.3) is 0 Å². The largest absolute Gasteiger partial charge is 0.508 e. The van der Waals surface area contributed by atoms with Crippen LogP contribution in [0.3, 0.4) is 0 Å². The number of aromatic amines is 1. The van der Waals surface area contributed by atoms with E-state index < -0.39 is 0 Å². The number of aldehydes is 1. The zero-order valence-electron chi connectivity index (χ0n) is 18.9. The highest BCUT2D eigenvalue weighted by molar-refractivity contribution is 5.76. The molecule has 0 atom stereocenters. The molecule has 5 rings (SSSR count). The van der Waals surface area contributed by atoms with E-state index in [9.17, 15) is 4.79 Å². The number of hydrogen-bond acceptors (Lipinski definition) is 7. The van der Waals surface area contributed by atoms with Crippen molar-refractivity contribution in [2.75, 3.05) is 24.3 Å². The first kappa shape index (κ1) is 22.5. The van der Waals surface area contributed by atoms with Crippen LogP contribution in [-0.2, 0) is 6.54 Å². The smallest absolute Gasteiger partial charge is 0.170 e. The lowest BCUT2D eigenvalue weighted by Crippen LogP contribution is -2.18. The molecule has 3 N–H and O–H groups in total. The first-order valence-electron chi connectivity index (χ1n) is 10.6. The van der Waals surface area contributed by atoms with Gasteiger partial charge in [0.05, 0.1) is 11.9 Å². The van der Waals surface area contributed by atoms with Gasteiger partial charge in [-0.05, 0) is 17.7 Å². The lowest BCUT2D eigenvalue weighted by Gasteiger charge is -2.19. The van der Waals surface area contributed by atoms with Crippen LogP contribution in [0.15, 0.2) is 79.1 Å². The highest BCUT2D eigenvalue weighted by atomic mass is 16.3. The van der Waals surface area contributed by atoms with Gasteiger partial charge in [0.15, 0.2) is 11.9 Å². The van der Waals surface area contributed by atoms with Crippen molar-refractivity contribution in [1.82, 2.24) is 24.8 Å². The van der Waals surface area contributed by atoms with Gasteiger partial charge in [-0.25, -0.2) is 9.50 Å². The van der Waals surface area contributed by atoms with Crippen LogP contribution in [0.25, 0.3) is 16.9 Å². The van der Waals surface area contributed by atoms with Crippen LogP contribution in [0.4, 0.5) is 11.5 Å². The minimum Gasteiger partial charge on any atom is -0.508 e. The van der Waals surface area contributed by atoms with Crippen molar-refractivity contribution in [3.8, 4) is 17.0 Å². The fourth-order valence-corrected chi connectivity index (χ4v) is 3.43. The van der Waals surface area contributed by atoms with Crippen LogP contribution in [0.2, 0.25) is 0 Å². The van der Waals surface area contributed by atoms with E-state index in [1.807, 2.05) is 44.4 Å². The SMILES string of the molecule is CN(Cc1ccccc1)c1cc(-c2cn[nH]c2)n2nc(C=O)cc2n1.CNc1cccc(O)c1. The van der Waals surface area contributed by atoms with Gasteiger partial charge < -0.3 is 15.3 Å². The summed E-state index contributed by atoms with van der Waals surface area (Å²) in [6.45, 7) is 0.726. The number of nitrogens with zero attached hydrogens (tertiary/aromatic N) is 5. The first-order chi connectivity index (χ1) is 16.6. The second-order valence-electron chi connectivity index (χ2n) is 7.59. The Morgan fingerprint density at radius 2 is 1.94 bits per heavy atom. The van der Waals surface area contributed by atoms with E-state index in [-0.39, 0.29) is 0 Å². The summed E-state index contributed by atoms with van der Waals surface area (Å²) in [5.41, 5.74) is 4.79. The van der Waals surface area contributed by atoms with Crippen molar-refractivity contribution in [3.63, 3.8) is 0 Å². The lowest BCUT2D eigenvalue weighted by molar-refractivity contribution is 0.111. The van der Waals surface area contributed by atoms with Crippen molar-refractivity contribution in [3.05, 3.63) is 90.4 Å². The van der Waals surface area contributed by atoms with Crippen molar-refractivity contribution >= 4 is 23.4 Å². The Balaban J connectivity index is 0.000000257. The molecule has 34 heavy (non-hydrogen) atoms. The molecule has 0 saturated heterocycles. The van der Waals surface area contributed by atoms with Crippen LogP contribution >= 0.6 is 0 Å². The average molecular weight is 456 g/mol. The molecule has 9 nitrogen and oxygen atoms in total. The summed E-state index contributed by atoms with van der Waals surface area (Å²) in [7, 11) is 3.80. The molecule has 0 saturated carbocycles. The van der Waals surface area contributed by atoms with Crippen molar-refractivity contribution in [1.29, 1.82) is 0 Å². The molecule has 3 heterocycles.